The Morgan fingerprint density at radius 3 is 2.67 bits per heavy atom. The molecule has 0 saturated carbocycles. The summed E-state index contributed by atoms with van der Waals surface area (Å²) in [5, 5.41) is 2.96. The van der Waals surface area contributed by atoms with Crippen molar-refractivity contribution >= 4 is 6.03 Å². The molecular formula is C16H25N3O2. The molecule has 0 radical (unpaired) electrons. The largest absolute Gasteiger partial charge is 0.493 e. The summed E-state index contributed by atoms with van der Waals surface area (Å²) >= 11 is 0. The van der Waals surface area contributed by atoms with Crippen LogP contribution in [0, 0.1) is 6.92 Å². The third-order valence-corrected chi connectivity index (χ3v) is 3.74. The first-order valence-electron chi connectivity index (χ1n) is 7.56. The van der Waals surface area contributed by atoms with Gasteiger partial charge in [-0.2, -0.15) is 0 Å². The number of nitrogens with zero attached hydrogens (tertiary/aromatic N) is 2. The highest BCUT2D eigenvalue weighted by molar-refractivity contribution is 5.74. The van der Waals surface area contributed by atoms with Gasteiger partial charge in [-0.15, -0.1) is 0 Å². The lowest BCUT2D eigenvalue weighted by Gasteiger charge is -2.32. The fourth-order valence-electron chi connectivity index (χ4n) is 2.29. The third kappa shape index (κ3) is 4.93. The highest BCUT2D eigenvalue weighted by Gasteiger charge is 2.18. The average Bonchev–Trinajstić information content (AvgIpc) is 2.49. The van der Waals surface area contributed by atoms with E-state index in [4.69, 9.17) is 4.74 Å². The van der Waals surface area contributed by atoms with E-state index in [9.17, 15) is 4.79 Å². The molecule has 2 rings (SSSR count). The van der Waals surface area contributed by atoms with Crippen LogP contribution >= 0.6 is 0 Å². The van der Waals surface area contributed by atoms with Crippen LogP contribution in [0.3, 0.4) is 0 Å². The summed E-state index contributed by atoms with van der Waals surface area (Å²) in [5.74, 6) is 0.919. The molecule has 0 aromatic heterocycles. The maximum atomic E-state index is 11.9. The molecule has 1 heterocycles. The molecule has 1 aliphatic rings. The van der Waals surface area contributed by atoms with Crippen molar-refractivity contribution in [3.63, 3.8) is 0 Å². The second kappa shape index (κ2) is 7.88. The third-order valence-electron chi connectivity index (χ3n) is 3.74. The van der Waals surface area contributed by atoms with Gasteiger partial charge in [-0.1, -0.05) is 18.2 Å². The van der Waals surface area contributed by atoms with Gasteiger partial charge in [0.15, 0.2) is 0 Å². The molecule has 5 heteroatoms. The lowest BCUT2D eigenvalue weighted by molar-refractivity contribution is 0.154. The average molecular weight is 291 g/mol. The van der Waals surface area contributed by atoms with Gasteiger partial charge in [0.1, 0.15) is 5.75 Å². The zero-order valence-corrected chi connectivity index (χ0v) is 13.0. The molecule has 2 amide bonds. The topological polar surface area (TPSA) is 44.8 Å². The molecular weight excluding hydrogens is 266 g/mol. The van der Waals surface area contributed by atoms with Crippen LogP contribution in [0.1, 0.15) is 12.0 Å². The fourth-order valence-corrected chi connectivity index (χ4v) is 2.29. The monoisotopic (exact) mass is 291 g/mol. The van der Waals surface area contributed by atoms with Crippen LogP contribution < -0.4 is 10.1 Å². The summed E-state index contributed by atoms with van der Waals surface area (Å²) < 4.78 is 5.71. The lowest BCUT2D eigenvalue weighted by atomic mass is 10.2. The van der Waals surface area contributed by atoms with Crippen LogP contribution in [0.2, 0.25) is 0 Å². The maximum absolute atomic E-state index is 11.9. The molecule has 1 aromatic carbocycles. The van der Waals surface area contributed by atoms with E-state index in [-0.39, 0.29) is 6.03 Å². The van der Waals surface area contributed by atoms with E-state index >= 15 is 0 Å². The molecule has 1 saturated heterocycles. The number of hydrogen-bond acceptors (Lipinski definition) is 3. The van der Waals surface area contributed by atoms with Gasteiger partial charge in [-0.05, 0) is 32.0 Å². The molecule has 5 nitrogen and oxygen atoms in total. The smallest absolute Gasteiger partial charge is 0.317 e. The zero-order chi connectivity index (χ0) is 15.1. The van der Waals surface area contributed by atoms with Crippen LogP contribution in [0.25, 0.3) is 0 Å². The number of amides is 2. The van der Waals surface area contributed by atoms with Gasteiger partial charge < -0.3 is 19.9 Å². The predicted octanol–water partition coefficient (Wildman–Crippen LogP) is 1.72. The van der Waals surface area contributed by atoms with E-state index < -0.39 is 0 Å². The van der Waals surface area contributed by atoms with Crippen molar-refractivity contribution in [2.45, 2.75) is 13.3 Å². The van der Waals surface area contributed by atoms with E-state index in [1.807, 2.05) is 36.1 Å². The molecule has 21 heavy (non-hydrogen) atoms. The Morgan fingerprint density at radius 2 is 1.95 bits per heavy atom. The number of rotatable bonds is 5. The highest BCUT2D eigenvalue weighted by atomic mass is 16.5. The van der Waals surface area contributed by atoms with Crippen LogP contribution in [0.4, 0.5) is 4.79 Å². The number of piperazine rings is 1. The Morgan fingerprint density at radius 1 is 1.24 bits per heavy atom. The fraction of sp³-hybridized carbons (Fsp3) is 0.562. The normalized spacial score (nSPS) is 15.8. The van der Waals surface area contributed by atoms with Crippen molar-refractivity contribution in [3.8, 4) is 5.75 Å². The standard InChI is InChI=1S/C16H25N3O2/c1-14-6-3-4-7-15(14)21-13-5-8-17-16(20)19-11-9-18(2)10-12-19/h3-4,6-7H,5,8-13H2,1-2H3,(H,17,20). The summed E-state index contributed by atoms with van der Waals surface area (Å²) in [4.78, 5) is 16.1. The minimum absolute atomic E-state index is 0.0407. The maximum Gasteiger partial charge on any atom is 0.317 e. The number of likely N-dealkylation sites (N-methyl/N-ethyl adjacent to an activating group) is 1. The van der Waals surface area contributed by atoms with Crippen molar-refractivity contribution in [3.05, 3.63) is 29.8 Å². The molecule has 0 bridgehead atoms. The minimum Gasteiger partial charge on any atom is -0.493 e. The Hall–Kier alpha value is -1.75. The van der Waals surface area contributed by atoms with E-state index in [1.165, 1.54) is 0 Å². The van der Waals surface area contributed by atoms with Gasteiger partial charge in [-0.25, -0.2) is 4.79 Å². The van der Waals surface area contributed by atoms with E-state index in [0.29, 0.717) is 13.2 Å². The molecule has 0 aliphatic carbocycles. The first-order valence-corrected chi connectivity index (χ1v) is 7.56. The molecule has 0 atom stereocenters. The SMILES string of the molecule is Cc1ccccc1OCCCNC(=O)N1CCN(C)CC1. The summed E-state index contributed by atoms with van der Waals surface area (Å²) in [6.07, 6.45) is 0.813. The van der Waals surface area contributed by atoms with Gasteiger partial charge in [0, 0.05) is 32.7 Å². The highest BCUT2D eigenvalue weighted by Crippen LogP contribution is 2.15. The first kappa shape index (κ1) is 15.6. The summed E-state index contributed by atoms with van der Waals surface area (Å²) in [6, 6.07) is 8.01. The molecule has 1 N–H and O–H groups in total. The van der Waals surface area contributed by atoms with Crippen molar-refractivity contribution in [1.29, 1.82) is 0 Å². The number of urea groups is 1. The molecule has 0 spiro atoms. The van der Waals surface area contributed by atoms with Gasteiger partial charge in [0.25, 0.3) is 0 Å². The predicted molar refractivity (Wildman–Crippen MR) is 83.8 cm³/mol. The van der Waals surface area contributed by atoms with Gasteiger partial charge >= 0.3 is 6.03 Å². The Bertz CT molecular complexity index is 457. The summed E-state index contributed by atoms with van der Waals surface area (Å²) in [5.41, 5.74) is 1.14. The van der Waals surface area contributed by atoms with E-state index in [0.717, 1.165) is 43.9 Å². The van der Waals surface area contributed by atoms with Gasteiger partial charge in [0.05, 0.1) is 6.61 Å². The molecule has 1 aliphatic heterocycles. The van der Waals surface area contributed by atoms with Crippen molar-refractivity contribution in [2.24, 2.45) is 0 Å². The summed E-state index contributed by atoms with van der Waals surface area (Å²) in [7, 11) is 2.08. The van der Waals surface area contributed by atoms with Crippen LogP contribution in [0.5, 0.6) is 5.75 Å². The van der Waals surface area contributed by atoms with E-state index in [1.54, 1.807) is 0 Å². The summed E-state index contributed by atoms with van der Waals surface area (Å²) in [6.45, 7) is 6.81. The van der Waals surface area contributed by atoms with Crippen molar-refractivity contribution < 1.29 is 9.53 Å². The Labute approximate surface area is 126 Å². The number of carbonyl (C=O) groups excluding carboxylic acids is 1. The molecule has 0 unspecified atom stereocenters. The molecule has 1 aromatic rings. The number of para-hydroxylation sites is 1. The molecule has 1 fully saturated rings. The molecule has 116 valence electrons. The number of hydrogen-bond donors (Lipinski definition) is 1. The van der Waals surface area contributed by atoms with Crippen LogP contribution in [0.15, 0.2) is 24.3 Å². The Kier molecular flexibility index (Phi) is 5.87. The first-order chi connectivity index (χ1) is 10.2. The quantitative estimate of drug-likeness (QED) is 0.840. The second-order valence-electron chi connectivity index (χ2n) is 5.49. The van der Waals surface area contributed by atoms with Gasteiger partial charge in [-0.3, -0.25) is 0 Å². The Balaban J connectivity index is 1.59. The van der Waals surface area contributed by atoms with Crippen molar-refractivity contribution in [2.75, 3.05) is 46.4 Å². The van der Waals surface area contributed by atoms with Crippen LogP contribution in [-0.2, 0) is 0 Å². The van der Waals surface area contributed by atoms with E-state index in [2.05, 4.69) is 17.3 Å². The second-order valence-corrected chi connectivity index (χ2v) is 5.49. The minimum atomic E-state index is 0.0407. The number of carbonyl (C=O) groups is 1. The van der Waals surface area contributed by atoms with Gasteiger partial charge in [0.2, 0.25) is 0 Å². The number of aryl methyl sites for hydroxylation is 1. The number of benzene rings is 1. The lowest BCUT2D eigenvalue weighted by Crippen LogP contribution is -2.50. The zero-order valence-electron chi connectivity index (χ0n) is 13.0. The number of ether oxygens (including phenoxy) is 1. The number of nitrogens with one attached hydrogen (secondary N) is 1. The van der Waals surface area contributed by atoms with Crippen LogP contribution in [-0.4, -0.2) is 62.2 Å². The van der Waals surface area contributed by atoms with Crippen molar-refractivity contribution in [1.82, 2.24) is 15.1 Å².